The number of methoxy groups -OCH3 is 2. The van der Waals surface area contributed by atoms with Gasteiger partial charge in [-0.05, 0) is 15.9 Å². The first-order valence-corrected chi connectivity index (χ1v) is 6.98. The van der Waals surface area contributed by atoms with Crippen molar-refractivity contribution in [3.63, 3.8) is 0 Å². The lowest BCUT2D eigenvalue weighted by atomic mass is 10.0. The zero-order valence-electron chi connectivity index (χ0n) is 10.9. The van der Waals surface area contributed by atoms with Crippen LogP contribution in [0, 0.1) is 0 Å². The Morgan fingerprint density at radius 1 is 1.16 bits per heavy atom. The fourth-order valence-electron chi connectivity index (χ4n) is 2.43. The number of benzene rings is 2. The van der Waals surface area contributed by atoms with Gasteiger partial charge in [0.25, 0.3) is 0 Å². The van der Waals surface area contributed by atoms with Crippen LogP contribution < -0.4 is 9.47 Å². The van der Waals surface area contributed by atoms with Gasteiger partial charge in [0.1, 0.15) is 11.5 Å². The van der Waals surface area contributed by atoms with Gasteiger partial charge in [-0.25, -0.2) is 0 Å². The summed E-state index contributed by atoms with van der Waals surface area (Å²) < 4.78 is 17.5. The van der Waals surface area contributed by atoms with Gasteiger partial charge in [0, 0.05) is 22.8 Å². The molecule has 1 aliphatic heterocycles. The van der Waals surface area contributed by atoms with Crippen LogP contribution >= 0.6 is 15.9 Å². The first kappa shape index (κ1) is 12.8. The van der Waals surface area contributed by atoms with E-state index >= 15 is 0 Å². The molecule has 0 N–H and O–H groups in total. The molecule has 0 unspecified atom stereocenters. The lowest BCUT2D eigenvalue weighted by Crippen LogP contribution is -2.02. The molecule has 0 aliphatic carbocycles. The highest BCUT2D eigenvalue weighted by atomic mass is 79.9. The topological polar surface area (TPSA) is 31.0 Å². The van der Waals surface area contributed by atoms with Gasteiger partial charge in [0.05, 0.1) is 31.4 Å². The minimum absolute atomic E-state index is 0.302. The van der Waals surface area contributed by atoms with Gasteiger partial charge in [-0.3, -0.25) is 0 Å². The number of epoxide rings is 1. The van der Waals surface area contributed by atoms with E-state index in [1.54, 1.807) is 14.2 Å². The summed E-state index contributed by atoms with van der Waals surface area (Å²) in [7, 11) is 3.40. The third kappa shape index (κ3) is 2.19. The minimum atomic E-state index is 0.302. The van der Waals surface area contributed by atoms with E-state index in [1.807, 2.05) is 18.2 Å². The summed E-state index contributed by atoms with van der Waals surface area (Å²) in [6, 6.07) is 8.11. The van der Waals surface area contributed by atoms with Gasteiger partial charge in [-0.1, -0.05) is 24.3 Å². The molecule has 3 rings (SSSR count). The normalized spacial score (nSPS) is 17.5. The van der Waals surface area contributed by atoms with E-state index in [9.17, 15) is 0 Å². The van der Waals surface area contributed by atoms with Crippen LogP contribution in [0.2, 0.25) is 0 Å². The van der Waals surface area contributed by atoms with Crippen molar-refractivity contribution in [2.75, 3.05) is 20.8 Å². The summed E-state index contributed by atoms with van der Waals surface area (Å²) in [5, 5.41) is 2.12. The van der Waals surface area contributed by atoms with E-state index in [0.29, 0.717) is 6.10 Å². The molecule has 0 spiro atoms. The largest absolute Gasteiger partial charge is 0.496 e. The Morgan fingerprint density at radius 3 is 2.26 bits per heavy atom. The smallest absolute Gasteiger partial charge is 0.141 e. The van der Waals surface area contributed by atoms with Crippen LogP contribution in [0.15, 0.2) is 28.7 Å². The lowest BCUT2D eigenvalue weighted by Gasteiger charge is -2.17. The van der Waals surface area contributed by atoms with Gasteiger partial charge in [-0.15, -0.1) is 0 Å². The van der Waals surface area contributed by atoms with Crippen molar-refractivity contribution in [1.29, 1.82) is 0 Å². The minimum Gasteiger partial charge on any atom is -0.496 e. The van der Waals surface area contributed by atoms with Gasteiger partial charge in [-0.2, -0.15) is 0 Å². The van der Waals surface area contributed by atoms with E-state index in [4.69, 9.17) is 14.2 Å². The zero-order chi connectivity index (χ0) is 13.4. The number of fused-ring (bicyclic) bond motifs is 1. The standard InChI is InChI=1S/C15H15BrO3/c1-17-14-10-5-3-4-6-11(10)15(18-2)13(16)12(14)7-9-8-19-9/h3-6,9H,7-8H2,1-2H3/t9-/m1/s1. The van der Waals surface area contributed by atoms with Gasteiger partial charge < -0.3 is 14.2 Å². The summed E-state index contributed by atoms with van der Waals surface area (Å²) in [6.45, 7) is 0.824. The molecule has 19 heavy (non-hydrogen) atoms. The Bertz CT molecular complexity index is 620. The van der Waals surface area contributed by atoms with E-state index < -0.39 is 0 Å². The second kappa shape index (κ2) is 5.02. The maximum absolute atomic E-state index is 5.63. The Morgan fingerprint density at radius 2 is 1.74 bits per heavy atom. The van der Waals surface area contributed by atoms with Crippen LogP contribution in [0.1, 0.15) is 5.56 Å². The summed E-state index contributed by atoms with van der Waals surface area (Å²) in [5.41, 5.74) is 1.11. The molecule has 4 heteroatoms. The molecule has 1 aliphatic rings. The monoisotopic (exact) mass is 322 g/mol. The van der Waals surface area contributed by atoms with Gasteiger partial charge in [0.2, 0.25) is 0 Å². The molecule has 1 fully saturated rings. The molecule has 2 aromatic rings. The Balaban J connectivity index is 2.29. The lowest BCUT2D eigenvalue weighted by molar-refractivity contribution is 0.388. The third-order valence-electron chi connectivity index (χ3n) is 3.40. The average molecular weight is 323 g/mol. The summed E-state index contributed by atoms with van der Waals surface area (Å²) in [6.07, 6.45) is 1.14. The van der Waals surface area contributed by atoms with Crippen molar-refractivity contribution >= 4 is 26.7 Å². The predicted octanol–water partition coefficient (Wildman–Crippen LogP) is 3.56. The highest BCUT2D eigenvalue weighted by molar-refractivity contribution is 9.10. The average Bonchev–Trinajstić information content (AvgIpc) is 3.24. The van der Waals surface area contributed by atoms with E-state index in [-0.39, 0.29) is 0 Å². The first-order valence-electron chi connectivity index (χ1n) is 6.19. The molecule has 1 atom stereocenters. The van der Waals surface area contributed by atoms with Crippen LogP contribution in [0.4, 0.5) is 0 Å². The fourth-order valence-corrected chi connectivity index (χ4v) is 3.14. The molecule has 0 amide bonds. The quantitative estimate of drug-likeness (QED) is 0.806. The van der Waals surface area contributed by atoms with Crippen LogP contribution in [0.3, 0.4) is 0 Å². The molecule has 3 nitrogen and oxygen atoms in total. The van der Waals surface area contributed by atoms with E-state index in [0.717, 1.165) is 45.3 Å². The molecule has 0 bridgehead atoms. The maximum Gasteiger partial charge on any atom is 0.141 e. The molecular formula is C15H15BrO3. The van der Waals surface area contributed by atoms with Crippen molar-refractivity contribution < 1.29 is 14.2 Å². The SMILES string of the molecule is COc1c(Br)c(C[C@@H]2CO2)c(OC)c2ccccc12. The summed E-state index contributed by atoms with van der Waals surface area (Å²) in [4.78, 5) is 0. The number of rotatable bonds is 4. The van der Waals surface area contributed by atoms with Crippen LogP contribution in [-0.4, -0.2) is 26.9 Å². The molecule has 1 heterocycles. The van der Waals surface area contributed by atoms with Gasteiger partial charge >= 0.3 is 0 Å². The van der Waals surface area contributed by atoms with Crippen LogP contribution in [0.5, 0.6) is 11.5 Å². The highest BCUT2D eigenvalue weighted by Crippen LogP contribution is 2.44. The fraction of sp³-hybridized carbons (Fsp3) is 0.333. The zero-order valence-corrected chi connectivity index (χ0v) is 12.5. The number of ether oxygens (including phenoxy) is 3. The van der Waals surface area contributed by atoms with Crippen LogP contribution in [0.25, 0.3) is 10.8 Å². The molecule has 100 valence electrons. The predicted molar refractivity (Wildman–Crippen MR) is 78.2 cm³/mol. The Kier molecular flexibility index (Phi) is 3.37. The Hall–Kier alpha value is -1.26. The second-order valence-corrected chi connectivity index (χ2v) is 5.36. The number of hydrogen-bond donors (Lipinski definition) is 0. The van der Waals surface area contributed by atoms with Crippen molar-refractivity contribution in [1.82, 2.24) is 0 Å². The van der Waals surface area contributed by atoms with Crippen LogP contribution in [-0.2, 0) is 11.2 Å². The molecular weight excluding hydrogens is 308 g/mol. The molecule has 1 saturated heterocycles. The van der Waals surface area contributed by atoms with Crippen molar-refractivity contribution in [3.8, 4) is 11.5 Å². The first-order chi connectivity index (χ1) is 9.26. The Labute approximate surface area is 120 Å². The van der Waals surface area contributed by atoms with Gasteiger partial charge in [0.15, 0.2) is 0 Å². The van der Waals surface area contributed by atoms with Crippen molar-refractivity contribution in [2.24, 2.45) is 0 Å². The highest BCUT2D eigenvalue weighted by Gasteiger charge is 2.28. The van der Waals surface area contributed by atoms with E-state index in [1.165, 1.54) is 0 Å². The molecule has 2 aromatic carbocycles. The maximum atomic E-state index is 5.63. The summed E-state index contributed by atoms with van der Waals surface area (Å²) in [5.74, 6) is 1.76. The van der Waals surface area contributed by atoms with E-state index in [2.05, 4.69) is 22.0 Å². The molecule has 0 aromatic heterocycles. The molecule has 0 radical (unpaired) electrons. The number of halogens is 1. The second-order valence-electron chi connectivity index (χ2n) is 4.56. The third-order valence-corrected chi connectivity index (χ3v) is 4.24. The molecule has 0 saturated carbocycles. The van der Waals surface area contributed by atoms with Crippen molar-refractivity contribution in [2.45, 2.75) is 12.5 Å². The number of hydrogen-bond acceptors (Lipinski definition) is 3. The summed E-state index contributed by atoms with van der Waals surface area (Å²) >= 11 is 3.65. The van der Waals surface area contributed by atoms with Crippen molar-refractivity contribution in [3.05, 3.63) is 34.3 Å².